The fraction of sp³-hybridized carbons (Fsp3) is 0.550. The van der Waals surface area contributed by atoms with Crippen LogP contribution >= 0.6 is 0 Å². The maximum atomic E-state index is 14.6. The highest BCUT2D eigenvalue weighted by molar-refractivity contribution is 5.93. The molecule has 1 aliphatic heterocycles. The molecule has 1 aliphatic rings. The molecule has 0 spiro atoms. The number of aromatic nitrogens is 2. The Balaban J connectivity index is 2.05. The van der Waals surface area contributed by atoms with Crippen molar-refractivity contribution >= 4 is 23.0 Å². The van der Waals surface area contributed by atoms with Crippen LogP contribution in [0, 0.1) is 11.2 Å². The van der Waals surface area contributed by atoms with Gasteiger partial charge in [0.05, 0.1) is 18.2 Å². The summed E-state index contributed by atoms with van der Waals surface area (Å²) >= 11 is 0. The number of halogens is 1. The van der Waals surface area contributed by atoms with E-state index in [1.807, 2.05) is 0 Å². The second kappa shape index (κ2) is 7.98. The molecule has 0 aliphatic carbocycles. The van der Waals surface area contributed by atoms with E-state index in [2.05, 4.69) is 5.32 Å². The van der Waals surface area contributed by atoms with Crippen molar-refractivity contribution < 1.29 is 18.7 Å². The Morgan fingerprint density at radius 2 is 2.07 bits per heavy atom. The molecule has 2 aromatic rings. The largest absolute Gasteiger partial charge is 0.376 e. The number of ether oxygens (including phenoxy) is 1. The van der Waals surface area contributed by atoms with Crippen LogP contribution < -0.4 is 16.7 Å². The van der Waals surface area contributed by atoms with E-state index in [0.29, 0.717) is 6.61 Å². The van der Waals surface area contributed by atoms with Gasteiger partial charge in [-0.05, 0) is 36.8 Å². The number of rotatable bonds is 4. The van der Waals surface area contributed by atoms with Gasteiger partial charge in [0.25, 0.3) is 0 Å². The van der Waals surface area contributed by atoms with E-state index in [-0.39, 0.29) is 23.7 Å². The van der Waals surface area contributed by atoms with Crippen molar-refractivity contribution in [2.45, 2.75) is 58.7 Å². The molecule has 8 nitrogen and oxygen atoms in total. The number of primary amides is 1. The second-order valence-electron chi connectivity index (χ2n) is 8.48. The van der Waals surface area contributed by atoms with Crippen molar-refractivity contribution in [2.24, 2.45) is 11.1 Å². The predicted molar refractivity (Wildman–Crippen MR) is 106 cm³/mol. The zero-order valence-corrected chi connectivity index (χ0v) is 16.9. The van der Waals surface area contributed by atoms with Gasteiger partial charge in [-0.15, -0.1) is 0 Å². The fourth-order valence-electron chi connectivity index (χ4n) is 3.69. The number of fused-ring (bicyclic) bond motifs is 1. The molecule has 9 heteroatoms. The fourth-order valence-corrected chi connectivity index (χ4v) is 3.69. The molecule has 1 fully saturated rings. The minimum atomic E-state index is -1.00. The van der Waals surface area contributed by atoms with E-state index in [1.54, 1.807) is 20.8 Å². The lowest BCUT2D eigenvalue weighted by molar-refractivity contribution is -0.122. The molecule has 2 atom stereocenters. The Morgan fingerprint density at radius 3 is 2.66 bits per heavy atom. The SMILES string of the molecule is CC(C)(C)[C@H](NC(=O)n1c(=O)n(CC2CCCCO2)c2c(F)cccc21)C(N)=O. The average molecular weight is 406 g/mol. The van der Waals surface area contributed by atoms with Crippen LogP contribution in [0.3, 0.4) is 0 Å². The van der Waals surface area contributed by atoms with E-state index in [4.69, 9.17) is 10.5 Å². The van der Waals surface area contributed by atoms with Gasteiger partial charge >= 0.3 is 11.7 Å². The summed E-state index contributed by atoms with van der Waals surface area (Å²) in [6, 6.07) is 2.33. The lowest BCUT2D eigenvalue weighted by atomic mass is 9.86. The topological polar surface area (TPSA) is 108 Å². The quantitative estimate of drug-likeness (QED) is 0.809. The third kappa shape index (κ3) is 4.19. The molecule has 158 valence electrons. The van der Waals surface area contributed by atoms with Gasteiger partial charge in [-0.3, -0.25) is 9.36 Å². The molecule has 1 saturated heterocycles. The number of carbonyl (C=O) groups is 2. The van der Waals surface area contributed by atoms with Crippen LogP contribution in [0.25, 0.3) is 11.0 Å². The number of amides is 2. The molecular weight excluding hydrogens is 379 g/mol. The zero-order valence-electron chi connectivity index (χ0n) is 16.9. The second-order valence-corrected chi connectivity index (χ2v) is 8.48. The Labute approximate surface area is 167 Å². The molecule has 1 aromatic carbocycles. The lowest BCUT2D eigenvalue weighted by Gasteiger charge is -2.28. The van der Waals surface area contributed by atoms with Gasteiger partial charge in [0.2, 0.25) is 5.91 Å². The summed E-state index contributed by atoms with van der Waals surface area (Å²) in [6.45, 7) is 5.97. The average Bonchev–Trinajstić information content (AvgIpc) is 2.92. The zero-order chi connectivity index (χ0) is 21.3. The molecule has 3 rings (SSSR count). The van der Waals surface area contributed by atoms with Crippen LogP contribution in [0.5, 0.6) is 0 Å². The van der Waals surface area contributed by atoms with Crippen LogP contribution in [-0.4, -0.2) is 39.8 Å². The Hall–Kier alpha value is -2.68. The maximum absolute atomic E-state index is 14.6. The molecule has 2 heterocycles. The third-order valence-corrected chi connectivity index (χ3v) is 5.18. The molecule has 1 unspecified atom stereocenters. The van der Waals surface area contributed by atoms with Crippen LogP contribution in [0.2, 0.25) is 0 Å². The Morgan fingerprint density at radius 1 is 1.34 bits per heavy atom. The summed E-state index contributed by atoms with van der Waals surface area (Å²) in [6.07, 6.45) is 2.45. The van der Waals surface area contributed by atoms with E-state index in [0.717, 1.165) is 23.8 Å². The minimum absolute atomic E-state index is 0.0354. The number of hydrogen-bond donors (Lipinski definition) is 2. The number of para-hydroxylation sites is 1. The smallest absolute Gasteiger partial charge is 0.337 e. The number of carbonyl (C=O) groups excluding carboxylic acids is 2. The normalized spacial score (nSPS) is 18.6. The number of nitrogens with zero attached hydrogens (tertiary/aromatic N) is 2. The van der Waals surface area contributed by atoms with Gasteiger partial charge in [-0.1, -0.05) is 26.8 Å². The standard InChI is InChI=1S/C20H27FN4O4/c1-20(2,3)16(17(22)26)23-18(27)25-14-9-6-8-13(21)15(14)24(19(25)28)11-12-7-4-5-10-29-12/h6,8-9,12,16H,4-5,7,10-11H2,1-3H3,(H2,22,26)(H,23,27)/t12?,16-/m1/s1. The lowest BCUT2D eigenvalue weighted by Crippen LogP contribution is -2.54. The van der Waals surface area contributed by atoms with Crippen LogP contribution in [-0.2, 0) is 16.1 Å². The first kappa shape index (κ1) is 21.0. The third-order valence-electron chi connectivity index (χ3n) is 5.18. The Bertz CT molecular complexity index is 983. The van der Waals surface area contributed by atoms with Crippen molar-refractivity contribution in [3.63, 3.8) is 0 Å². The number of nitrogens with one attached hydrogen (secondary N) is 1. The van der Waals surface area contributed by atoms with Crippen molar-refractivity contribution in [1.29, 1.82) is 0 Å². The van der Waals surface area contributed by atoms with Gasteiger partial charge in [0.1, 0.15) is 17.4 Å². The van der Waals surface area contributed by atoms with E-state index < -0.39 is 34.9 Å². The molecule has 3 N–H and O–H groups in total. The monoisotopic (exact) mass is 406 g/mol. The van der Waals surface area contributed by atoms with E-state index in [9.17, 15) is 18.8 Å². The van der Waals surface area contributed by atoms with Gasteiger partial charge in [-0.2, -0.15) is 0 Å². The van der Waals surface area contributed by atoms with Crippen LogP contribution in [0.1, 0.15) is 40.0 Å². The highest BCUT2D eigenvalue weighted by Crippen LogP contribution is 2.22. The molecule has 2 amide bonds. The van der Waals surface area contributed by atoms with Crippen molar-refractivity contribution in [1.82, 2.24) is 14.5 Å². The van der Waals surface area contributed by atoms with Crippen molar-refractivity contribution in [3.05, 3.63) is 34.5 Å². The van der Waals surface area contributed by atoms with E-state index >= 15 is 0 Å². The molecule has 29 heavy (non-hydrogen) atoms. The van der Waals surface area contributed by atoms with Gasteiger partial charge in [-0.25, -0.2) is 18.5 Å². The van der Waals surface area contributed by atoms with E-state index in [1.165, 1.54) is 22.8 Å². The Kier molecular flexibility index (Phi) is 5.79. The summed E-state index contributed by atoms with van der Waals surface area (Å²) in [7, 11) is 0. The number of imidazole rings is 1. The summed E-state index contributed by atoms with van der Waals surface area (Å²) < 4.78 is 22.4. The summed E-state index contributed by atoms with van der Waals surface area (Å²) in [5.41, 5.74) is 4.24. The molecule has 0 bridgehead atoms. The molecule has 0 saturated carbocycles. The van der Waals surface area contributed by atoms with Crippen LogP contribution in [0.4, 0.5) is 9.18 Å². The highest BCUT2D eigenvalue weighted by Gasteiger charge is 2.33. The first-order valence-corrected chi connectivity index (χ1v) is 9.73. The molecule has 0 radical (unpaired) electrons. The van der Waals surface area contributed by atoms with Gasteiger partial charge in [0.15, 0.2) is 0 Å². The number of hydrogen-bond acceptors (Lipinski definition) is 4. The van der Waals surface area contributed by atoms with Crippen molar-refractivity contribution in [3.8, 4) is 0 Å². The first-order valence-electron chi connectivity index (χ1n) is 9.73. The predicted octanol–water partition coefficient (Wildman–Crippen LogP) is 1.97. The van der Waals surface area contributed by atoms with Gasteiger partial charge in [0, 0.05) is 6.61 Å². The molecular formula is C20H27FN4O4. The van der Waals surface area contributed by atoms with Gasteiger partial charge < -0.3 is 15.8 Å². The first-order chi connectivity index (χ1) is 13.6. The highest BCUT2D eigenvalue weighted by atomic mass is 19.1. The number of nitrogens with two attached hydrogens (primary N) is 1. The summed E-state index contributed by atoms with van der Waals surface area (Å²) in [5.74, 6) is -1.33. The minimum Gasteiger partial charge on any atom is -0.376 e. The maximum Gasteiger partial charge on any atom is 0.337 e. The number of benzene rings is 1. The van der Waals surface area contributed by atoms with Crippen LogP contribution in [0.15, 0.2) is 23.0 Å². The summed E-state index contributed by atoms with van der Waals surface area (Å²) in [4.78, 5) is 37.8. The summed E-state index contributed by atoms with van der Waals surface area (Å²) in [5, 5.41) is 2.52. The van der Waals surface area contributed by atoms with Crippen molar-refractivity contribution in [2.75, 3.05) is 6.61 Å². The molecule has 1 aromatic heterocycles.